The van der Waals surface area contributed by atoms with Gasteiger partial charge in [-0.05, 0) is 53.6 Å². The van der Waals surface area contributed by atoms with Crippen LogP contribution in [0.5, 0.6) is 5.75 Å². The number of rotatable bonds is 2. The molecule has 3 nitrogen and oxygen atoms in total. The number of hydrogen-bond acceptors (Lipinski definition) is 2. The molecule has 0 saturated carbocycles. The summed E-state index contributed by atoms with van der Waals surface area (Å²) >= 11 is 12.8. The summed E-state index contributed by atoms with van der Waals surface area (Å²) in [4.78, 5) is 2.18. The Morgan fingerprint density at radius 2 is 2.14 bits per heavy atom. The van der Waals surface area contributed by atoms with Gasteiger partial charge in [0, 0.05) is 22.5 Å². The van der Waals surface area contributed by atoms with Crippen molar-refractivity contribution in [2.75, 3.05) is 6.54 Å². The minimum Gasteiger partial charge on any atom is -0.466 e. The highest BCUT2D eigenvalue weighted by atomic mass is 79.9. The molecule has 1 saturated heterocycles. The minimum absolute atomic E-state index is 0.174. The summed E-state index contributed by atoms with van der Waals surface area (Å²) in [6.07, 6.45) is 1.03. The van der Waals surface area contributed by atoms with E-state index in [1.54, 1.807) is 0 Å². The maximum Gasteiger partial charge on any atom is 0.186 e. The molecule has 2 heterocycles. The first kappa shape index (κ1) is 15.6. The molecule has 1 aromatic rings. The largest absolute Gasteiger partial charge is 0.466 e. The molecule has 114 valence electrons. The molecule has 0 aliphatic carbocycles. The van der Waals surface area contributed by atoms with Crippen molar-refractivity contribution in [2.24, 2.45) is 5.92 Å². The van der Waals surface area contributed by atoms with Gasteiger partial charge in [0.15, 0.2) is 10.8 Å². The molecule has 2 aliphatic rings. The zero-order chi connectivity index (χ0) is 15.4. The molecule has 2 aliphatic heterocycles. The maximum absolute atomic E-state index is 6.45. The molecule has 1 fully saturated rings. The molecule has 0 amide bonds. The lowest BCUT2D eigenvalue weighted by atomic mass is 9.81. The molecule has 0 aromatic heterocycles. The molecule has 1 aromatic carbocycles. The van der Waals surface area contributed by atoms with Crippen molar-refractivity contribution >= 4 is 49.2 Å². The number of benzene rings is 1. The third kappa shape index (κ3) is 2.30. The van der Waals surface area contributed by atoms with Gasteiger partial charge in [-0.1, -0.05) is 29.8 Å². The molecular formula is C15H18Br2N2OS. The van der Waals surface area contributed by atoms with Crippen LogP contribution < -0.4 is 10.1 Å². The summed E-state index contributed by atoms with van der Waals surface area (Å²) in [5.74, 6) is 1.21. The van der Waals surface area contributed by atoms with E-state index < -0.39 is 5.72 Å². The van der Waals surface area contributed by atoms with Crippen LogP contribution >= 0.6 is 44.1 Å². The first-order valence-corrected chi connectivity index (χ1v) is 9.14. The Morgan fingerprint density at radius 3 is 2.81 bits per heavy atom. The van der Waals surface area contributed by atoms with Crippen LogP contribution in [0.2, 0.25) is 0 Å². The molecule has 1 N–H and O–H groups in total. The van der Waals surface area contributed by atoms with Gasteiger partial charge in [-0.3, -0.25) is 0 Å². The standard InChI is InChI=1S/C15H18Br2N2OS/c1-4-5-19-14(21)18-12-8(2)15(19,3)20-13-10(12)6-9(16)7-11(13)17/h6-8,12H,4-5H2,1-3H3,(H,18,21). The van der Waals surface area contributed by atoms with Gasteiger partial charge in [0.25, 0.3) is 0 Å². The number of fused-ring (bicyclic) bond motifs is 4. The third-order valence-electron chi connectivity index (χ3n) is 4.53. The maximum atomic E-state index is 6.45. The summed E-state index contributed by atoms with van der Waals surface area (Å²) in [6, 6.07) is 4.32. The predicted octanol–water partition coefficient (Wildman–Crippen LogP) is 4.60. The van der Waals surface area contributed by atoms with E-state index in [1.165, 1.54) is 0 Å². The predicted molar refractivity (Wildman–Crippen MR) is 95.5 cm³/mol. The summed E-state index contributed by atoms with van der Waals surface area (Å²) in [5, 5.41) is 4.29. The SMILES string of the molecule is CCCN1C(=S)NC2c3cc(Br)cc(Br)c3OC1(C)C2C. The highest BCUT2D eigenvalue weighted by Crippen LogP contribution is 2.51. The second-order valence-electron chi connectivity index (χ2n) is 5.83. The second-order valence-corrected chi connectivity index (χ2v) is 7.99. The van der Waals surface area contributed by atoms with Crippen LogP contribution in [0.1, 0.15) is 38.8 Å². The Labute approximate surface area is 147 Å². The van der Waals surface area contributed by atoms with Crippen molar-refractivity contribution in [3.05, 3.63) is 26.6 Å². The van der Waals surface area contributed by atoms with E-state index in [-0.39, 0.29) is 6.04 Å². The zero-order valence-electron chi connectivity index (χ0n) is 12.2. The van der Waals surface area contributed by atoms with Gasteiger partial charge < -0.3 is 15.0 Å². The fourth-order valence-electron chi connectivity index (χ4n) is 3.26. The molecule has 3 atom stereocenters. The normalized spacial score (nSPS) is 30.5. The van der Waals surface area contributed by atoms with Gasteiger partial charge >= 0.3 is 0 Å². The molecule has 21 heavy (non-hydrogen) atoms. The van der Waals surface area contributed by atoms with Gasteiger partial charge in [0.1, 0.15) is 5.75 Å². The van der Waals surface area contributed by atoms with Crippen molar-refractivity contribution in [3.63, 3.8) is 0 Å². The number of halogens is 2. The zero-order valence-corrected chi connectivity index (χ0v) is 16.2. The van der Waals surface area contributed by atoms with Crippen molar-refractivity contribution in [1.82, 2.24) is 10.2 Å². The van der Waals surface area contributed by atoms with Crippen molar-refractivity contribution in [2.45, 2.75) is 39.0 Å². The fourth-order valence-corrected chi connectivity index (χ4v) is 5.00. The lowest BCUT2D eigenvalue weighted by Crippen LogP contribution is -2.69. The Balaban J connectivity index is 2.14. The van der Waals surface area contributed by atoms with Gasteiger partial charge in [0.2, 0.25) is 0 Å². The first-order chi connectivity index (χ1) is 9.88. The Morgan fingerprint density at radius 1 is 1.43 bits per heavy atom. The summed E-state index contributed by atoms with van der Waals surface area (Å²) in [7, 11) is 0. The Hall–Kier alpha value is -0.330. The lowest BCUT2D eigenvalue weighted by Gasteiger charge is -2.56. The average Bonchev–Trinajstić information content (AvgIpc) is 2.41. The van der Waals surface area contributed by atoms with Crippen molar-refractivity contribution in [3.8, 4) is 5.75 Å². The summed E-state index contributed by atoms with van der Waals surface area (Å²) < 4.78 is 8.47. The molecule has 3 unspecified atom stereocenters. The Bertz CT molecular complexity index is 610. The van der Waals surface area contributed by atoms with Gasteiger partial charge in [-0.2, -0.15) is 0 Å². The van der Waals surface area contributed by atoms with E-state index in [2.05, 4.69) is 68.9 Å². The van der Waals surface area contributed by atoms with Gasteiger partial charge in [-0.25, -0.2) is 0 Å². The fraction of sp³-hybridized carbons (Fsp3) is 0.533. The van der Waals surface area contributed by atoms with E-state index >= 15 is 0 Å². The molecular weight excluding hydrogens is 416 g/mol. The van der Waals surface area contributed by atoms with Crippen LogP contribution in [0.15, 0.2) is 21.1 Å². The summed E-state index contributed by atoms with van der Waals surface area (Å²) in [6.45, 7) is 7.42. The quantitative estimate of drug-likeness (QED) is 0.689. The topological polar surface area (TPSA) is 24.5 Å². The van der Waals surface area contributed by atoms with Crippen LogP contribution in [0.25, 0.3) is 0 Å². The molecule has 2 bridgehead atoms. The second kappa shape index (κ2) is 5.39. The number of nitrogens with zero attached hydrogens (tertiary/aromatic N) is 1. The van der Waals surface area contributed by atoms with E-state index in [1.807, 2.05) is 6.07 Å². The molecule has 3 rings (SSSR count). The van der Waals surface area contributed by atoms with E-state index in [9.17, 15) is 0 Å². The molecule has 6 heteroatoms. The molecule has 0 spiro atoms. The highest BCUT2D eigenvalue weighted by Gasteiger charge is 2.53. The van der Waals surface area contributed by atoms with E-state index in [0.717, 1.165) is 38.3 Å². The van der Waals surface area contributed by atoms with Crippen molar-refractivity contribution in [1.29, 1.82) is 0 Å². The smallest absolute Gasteiger partial charge is 0.186 e. The van der Waals surface area contributed by atoms with Crippen LogP contribution in [-0.4, -0.2) is 22.3 Å². The van der Waals surface area contributed by atoms with Gasteiger partial charge in [-0.15, -0.1) is 0 Å². The monoisotopic (exact) mass is 432 g/mol. The summed E-state index contributed by atoms with van der Waals surface area (Å²) in [5.41, 5.74) is 0.742. The number of hydrogen-bond donors (Lipinski definition) is 1. The number of nitrogens with one attached hydrogen (secondary N) is 1. The number of ether oxygens (including phenoxy) is 1. The highest BCUT2D eigenvalue weighted by molar-refractivity contribution is 9.11. The van der Waals surface area contributed by atoms with Crippen LogP contribution in [0.4, 0.5) is 0 Å². The van der Waals surface area contributed by atoms with Crippen molar-refractivity contribution < 1.29 is 4.74 Å². The van der Waals surface area contributed by atoms with Crippen LogP contribution in [0.3, 0.4) is 0 Å². The lowest BCUT2D eigenvalue weighted by molar-refractivity contribution is -0.110. The Kier molecular flexibility index (Phi) is 3.99. The third-order valence-corrected chi connectivity index (χ3v) is 5.92. The average molecular weight is 434 g/mol. The van der Waals surface area contributed by atoms with E-state index in [4.69, 9.17) is 17.0 Å². The number of thiocarbonyl (C=S) groups is 1. The first-order valence-electron chi connectivity index (χ1n) is 7.14. The van der Waals surface area contributed by atoms with Gasteiger partial charge in [0.05, 0.1) is 10.5 Å². The minimum atomic E-state index is -0.410. The molecule has 0 radical (unpaired) electrons. The van der Waals surface area contributed by atoms with E-state index in [0.29, 0.717) is 5.92 Å². The van der Waals surface area contributed by atoms with Crippen LogP contribution in [0, 0.1) is 5.92 Å². The van der Waals surface area contributed by atoms with Crippen LogP contribution in [-0.2, 0) is 0 Å².